The number of nitrogens with zero attached hydrogens (tertiary/aromatic N) is 1. The van der Waals surface area contributed by atoms with Crippen LogP contribution in [-0.4, -0.2) is 61.3 Å². The summed E-state index contributed by atoms with van der Waals surface area (Å²) in [5.74, 6) is -0.623. The quantitative estimate of drug-likeness (QED) is 0.667. The molecule has 3 rings (SSSR count). The maximum atomic E-state index is 12.9. The van der Waals surface area contributed by atoms with Gasteiger partial charge in [-0.2, -0.15) is 4.31 Å². The molecule has 160 valence electrons. The van der Waals surface area contributed by atoms with E-state index in [9.17, 15) is 18.0 Å². The van der Waals surface area contributed by atoms with Crippen LogP contribution in [0, 0.1) is 0 Å². The first-order valence-corrected chi connectivity index (χ1v) is 11.3. The summed E-state index contributed by atoms with van der Waals surface area (Å²) in [7, 11) is -3.84. The third-order valence-corrected chi connectivity index (χ3v) is 7.10. The van der Waals surface area contributed by atoms with E-state index in [0.29, 0.717) is 5.56 Å². The summed E-state index contributed by atoms with van der Waals surface area (Å²) < 4.78 is 26.9. The van der Waals surface area contributed by atoms with Crippen LogP contribution < -0.4 is 16.0 Å². The van der Waals surface area contributed by atoms with Gasteiger partial charge in [-0.25, -0.2) is 8.42 Å². The molecule has 0 bridgehead atoms. The minimum Gasteiger partial charge on any atom is -0.354 e. The number of rotatable bonds is 4. The van der Waals surface area contributed by atoms with Crippen LogP contribution in [0.5, 0.6) is 0 Å². The zero-order valence-corrected chi connectivity index (χ0v) is 18.2. The monoisotopic (exact) mass is 422 g/mol. The van der Waals surface area contributed by atoms with E-state index in [2.05, 4.69) is 43.6 Å². The standard InChI is InChI=1S/C20H30N4O4S/c1-19(2)11-15(12-20(3,4)23-19)22-18(26)14-6-5-7-16(10-14)29(27,28)24-9-8-21-17(25)13-24/h5-7,10,15,23H,8-9,11-13H2,1-4H3,(H,21,25)(H,22,26). The molecule has 9 heteroatoms. The number of hydrogen-bond donors (Lipinski definition) is 3. The normalized spacial score (nSPS) is 22.7. The van der Waals surface area contributed by atoms with Gasteiger partial charge in [-0.1, -0.05) is 6.07 Å². The Labute approximate surface area is 172 Å². The zero-order valence-electron chi connectivity index (χ0n) is 17.4. The highest BCUT2D eigenvalue weighted by molar-refractivity contribution is 7.89. The SMILES string of the molecule is CC1(C)CC(NC(=O)c2cccc(S(=O)(=O)N3CCNC(=O)C3)c2)CC(C)(C)N1. The molecule has 0 aliphatic carbocycles. The van der Waals surface area contributed by atoms with Crippen molar-refractivity contribution in [2.75, 3.05) is 19.6 Å². The van der Waals surface area contributed by atoms with Crippen molar-refractivity contribution in [3.8, 4) is 0 Å². The molecule has 0 unspecified atom stereocenters. The average Bonchev–Trinajstić information content (AvgIpc) is 2.59. The Morgan fingerprint density at radius 1 is 1.17 bits per heavy atom. The van der Waals surface area contributed by atoms with Crippen LogP contribution in [0.1, 0.15) is 50.9 Å². The molecular formula is C20H30N4O4S. The highest BCUT2D eigenvalue weighted by atomic mass is 32.2. The van der Waals surface area contributed by atoms with E-state index >= 15 is 0 Å². The van der Waals surface area contributed by atoms with E-state index in [1.807, 2.05) is 0 Å². The van der Waals surface area contributed by atoms with Crippen molar-refractivity contribution in [3.63, 3.8) is 0 Å². The van der Waals surface area contributed by atoms with Crippen LogP contribution in [0.3, 0.4) is 0 Å². The van der Waals surface area contributed by atoms with Crippen molar-refractivity contribution in [1.82, 2.24) is 20.3 Å². The fraction of sp³-hybridized carbons (Fsp3) is 0.600. The number of nitrogens with one attached hydrogen (secondary N) is 3. The molecule has 2 aliphatic rings. The van der Waals surface area contributed by atoms with Gasteiger partial charge in [0.05, 0.1) is 11.4 Å². The molecule has 0 spiro atoms. The second-order valence-electron chi connectivity index (χ2n) is 9.19. The molecule has 2 saturated heterocycles. The van der Waals surface area contributed by atoms with E-state index in [4.69, 9.17) is 0 Å². The summed E-state index contributed by atoms with van der Waals surface area (Å²) in [5, 5.41) is 9.24. The molecular weight excluding hydrogens is 392 g/mol. The summed E-state index contributed by atoms with van der Waals surface area (Å²) in [4.78, 5) is 24.4. The minimum absolute atomic E-state index is 0.0141. The van der Waals surface area contributed by atoms with Gasteiger partial charge in [-0.3, -0.25) is 9.59 Å². The van der Waals surface area contributed by atoms with Crippen LogP contribution in [0.25, 0.3) is 0 Å². The molecule has 1 aromatic carbocycles. The van der Waals surface area contributed by atoms with Crippen LogP contribution in [0.15, 0.2) is 29.2 Å². The van der Waals surface area contributed by atoms with Crippen LogP contribution >= 0.6 is 0 Å². The van der Waals surface area contributed by atoms with Crippen molar-refractivity contribution in [1.29, 1.82) is 0 Å². The molecule has 0 saturated carbocycles. The number of hydrogen-bond acceptors (Lipinski definition) is 5. The smallest absolute Gasteiger partial charge is 0.251 e. The third-order valence-electron chi connectivity index (χ3n) is 5.26. The van der Waals surface area contributed by atoms with Gasteiger partial charge in [0.25, 0.3) is 5.91 Å². The minimum atomic E-state index is -3.84. The maximum absolute atomic E-state index is 12.9. The number of piperazine rings is 1. The predicted molar refractivity (Wildman–Crippen MR) is 110 cm³/mol. The fourth-order valence-electron chi connectivity index (χ4n) is 4.46. The van der Waals surface area contributed by atoms with Crippen LogP contribution in [0.4, 0.5) is 0 Å². The molecule has 29 heavy (non-hydrogen) atoms. The van der Waals surface area contributed by atoms with Crippen LogP contribution in [0.2, 0.25) is 0 Å². The molecule has 2 aliphatic heterocycles. The van der Waals surface area contributed by atoms with Crippen molar-refractivity contribution < 1.29 is 18.0 Å². The average molecular weight is 423 g/mol. The van der Waals surface area contributed by atoms with Crippen molar-refractivity contribution >= 4 is 21.8 Å². The Balaban J connectivity index is 1.77. The largest absolute Gasteiger partial charge is 0.354 e. The summed E-state index contributed by atoms with van der Waals surface area (Å²) in [5.41, 5.74) is 0.0704. The van der Waals surface area contributed by atoms with Crippen molar-refractivity contribution in [3.05, 3.63) is 29.8 Å². The van der Waals surface area contributed by atoms with Gasteiger partial charge in [0, 0.05) is 35.8 Å². The maximum Gasteiger partial charge on any atom is 0.251 e. The number of piperidine rings is 1. The second kappa shape index (κ2) is 7.70. The predicted octanol–water partition coefficient (Wildman–Crippen LogP) is 0.846. The van der Waals surface area contributed by atoms with Gasteiger partial charge in [-0.05, 0) is 58.7 Å². The summed E-state index contributed by atoms with van der Waals surface area (Å²) in [6.45, 7) is 8.70. The van der Waals surface area contributed by atoms with E-state index in [1.54, 1.807) is 12.1 Å². The lowest BCUT2D eigenvalue weighted by molar-refractivity contribution is -0.122. The lowest BCUT2D eigenvalue weighted by atomic mass is 9.79. The Morgan fingerprint density at radius 3 is 2.45 bits per heavy atom. The molecule has 0 radical (unpaired) electrons. The number of carbonyl (C=O) groups excluding carboxylic acids is 2. The molecule has 0 aromatic heterocycles. The Morgan fingerprint density at radius 2 is 1.83 bits per heavy atom. The van der Waals surface area contributed by atoms with Gasteiger partial charge in [0.15, 0.2) is 0 Å². The highest BCUT2D eigenvalue weighted by Crippen LogP contribution is 2.28. The van der Waals surface area contributed by atoms with Gasteiger partial charge in [-0.15, -0.1) is 0 Å². The molecule has 3 N–H and O–H groups in total. The summed E-state index contributed by atoms with van der Waals surface area (Å²) >= 11 is 0. The Bertz CT molecular complexity index is 895. The summed E-state index contributed by atoms with van der Waals surface area (Å²) in [6.07, 6.45) is 1.56. The fourth-order valence-corrected chi connectivity index (χ4v) is 5.90. The molecule has 0 atom stereocenters. The number of sulfonamides is 1. The van der Waals surface area contributed by atoms with Crippen LogP contribution in [-0.2, 0) is 14.8 Å². The summed E-state index contributed by atoms with van der Waals surface area (Å²) in [6, 6.07) is 5.99. The van der Waals surface area contributed by atoms with E-state index in [-0.39, 0.29) is 53.5 Å². The molecule has 8 nitrogen and oxygen atoms in total. The molecule has 2 heterocycles. The highest BCUT2D eigenvalue weighted by Gasteiger charge is 2.38. The Hall–Kier alpha value is -1.97. The second-order valence-corrected chi connectivity index (χ2v) is 11.1. The zero-order chi connectivity index (χ0) is 21.4. The van der Waals surface area contributed by atoms with Gasteiger partial charge >= 0.3 is 0 Å². The first-order valence-electron chi connectivity index (χ1n) is 9.85. The van der Waals surface area contributed by atoms with Crippen molar-refractivity contribution in [2.24, 2.45) is 0 Å². The lowest BCUT2D eigenvalue weighted by Crippen LogP contribution is -2.62. The first kappa shape index (κ1) is 21.7. The third kappa shape index (κ3) is 5.15. The van der Waals surface area contributed by atoms with E-state index < -0.39 is 10.0 Å². The number of carbonyl (C=O) groups is 2. The van der Waals surface area contributed by atoms with Crippen molar-refractivity contribution in [2.45, 2.75) is 62.6 Å². The lowest BCUT2D eigenvalue weighted by Gasteiger charge is -2.46. The van der Waals surface area contributed by atoms with E-state index in [0.717, 1.165) is 17.1 Å². The molecule has 2 fully saturated rings. The Kier molecular flexibility index (Phi) is 5.77. The molecule has 2 amide bonds. The molecule has 1 aromatic rings. The number of benzene rings is 1. The first-order chi connectivity index (χ1) is 13.4. The number of amides is 2. The topological polar surface area (TPSA) is 108 Å². The van der Waals surface area contributed by atoms with Gasteiger partial charge in [0.1, 0.15) is 0 Å². The van der Waals surface area contributed by atoms with Gasteiger partial charge < -0.3 is 16.0 Å². The van der Waals surface area contributed by atoms with E-state index in [1.165, 1.54) is 12.1 Å². The van der Waals surface area contributed by atoms with Gasteiger partial charge in [0.2, 0.25) is 15.9 Å².